The third-order valence-electron chi connectivity index (χ3n) is 3.27. The van der Waals surface area contributed by atoms with Crippen LogP contribution in [0.3, 0.4) is 0 Å². The quantitative estimate of drug-likeness (QED) is 0.252. The minimum absolute atomic E-state index is 0.162. The zero-order valence-electron chi connectivity index (χ0n) is 12.7. The zero-order valence-corrected chi connectivity index (χ0v) is 13.5. The van der Waals surface area contributed by atoms with Gasteiger partial charge >= 0.3 is 6.18 Å². The first-order valence-corrected chi connectivity index (χ1v) is 8.20. The van der Waals surface area contributed by atoms with Crippen LogP contribution in [0.1, 0.15) is 18.4 Å². The van der Waals surface area contributed by atoms with Gasteiger partial charge in [0.05, 0.1) is 18.0 Å². The molecule has 0 unspecified atom stereocenters. The van der Waals surface area contributed by atoms with E-state index in [-0.39, 0.29) is 11.6 Å². The molecule has 1 N–H and O–H groups in total. The molecule has 23 heavy (non-hydrogen) atoms. The van der Waals surface area contributed by atoms with E-state index in [1.807, 2.05) is 0 Å². The molecule has 2 rings (SSSR count). The van der Waals surface area contributed by atoms with E-state index >= 15 is 0 Å². The van der Waals surface area contributed by atoms with Crippen LogP contribution in [0.5, 0.6) is 0 Å². The number of nitrogens with one attached hydrogen (secondary N) is 1. The van der Waals surface area contributed by atoms with Crippen LogP contribution in [0.2, 0.25) is 0 Å². The summed E-state index contributed by atoms with van der Waals surface area (Å²) < 4.78 is 51.2. The summed E-state index contributed by atoms with van der Waals surface area (Å²) in [6.45, 7) is 5.61. The van der Waals surface area contributed by atoms with Crippen molar-refractivity contribution in [1.82, 2.24) is 0 Å². The van der Waals surface area contributed by atoms with E-state index in [0.29, 0.717) is 34.6 Å². The number of hydrogen-bond acceptors (Lipinski definition) is 2. The zero-order chi connectivity index (χ0) is 17.0. The lowest BCUT2D eigenvalue weighted by Gasteiger charge is -2.14. The van der Waals surface area contributed by atoms with Gasteiger partial charge in [0.25, 0.3) is 0 Å². The lowest BCUT2D eigenvalue weighted by molar-refractivity contribution is -0.105. The highest BCUT2D eigenvalue weighted by atomic mass is 32.2. The summed E-state index contributed by atoms with van der Waals surface area (Å²) in [6, 6.07) is 2.67. The van der Waals surface area contributed by atoms with Crippen molar-refractivity contribution in [3.05, 3.63) is 36.2 Å². The Morgan fingerprint density at radius 1 is 1.43 bits per heavy atom. The summed E-state index contributed by atoms with van der Waals surface area (Å²) in [5.74, 6) is -0.564. The Morgan fingerprint density at radius 2 is 2.13 bits per heavy atom. The Balaban J connectivity index is 2.18. The Kier molecular flexibility index (Phi) is 5.73. The summed E-state index contributed by atoms with van der Waals surface area (Å²) in [5, 5.41) is 2.94. The average molecular weight is 346 g/mol. The van der Waals surface area contributed by atoms with Gasteiger partial charge in [-0.2, -0.15) is 13.2 Å². The fourth-order valence-corrected chi connectivity index (χ4v) is 2.80. The summed E-state index contributed by atoms with van der Waals surface area (Å²) in [5.41, 5.74) is 0.647. The average Bonchev–Trinajstić information content (AvgIpc) is 3.28. The van der Waals surface area contributed by atoms with Gasteiger partial charge in [-0.15, -0.1) is 18.3 Å². The van der Waals surface area contributed by atoms with E-state index in [0.717, 1.165) is 12.8 Å². The lowest BCUT2D eigenvalue weighted by Crippen LogP contribution is -2.16. The minimum Gasteiger partial charge on any atom is -0.341 e. The van der Waals surface area contributed by atoms with Gasteiger partial charge in [0.15, 0.2) is 0 Å². The molecule has 0 spiro atoms. The van der Waals surface area contributed by atoms with Gasteiger partial charge in [-0.1, -0.05) is 6.08 Å². The first-order valence-electron chi connectivity index (χ1n) is 7.22. The highest BCUT2D eigenvalue weighted by Crippen LogP contribution is 2.35. The summed E-state index contributed by atoms with van der Waals surface area (Å²) >= 11 is 0.658. The number of thioether (sulfide) groups is 1. The largest absolute Gasteiger partial charge is 0.398 e. The van der Waals surface area contributed by atoms with Crippen LogP contribution in [0.4, 0.5) is 23.2 Å². The van der Waals surface area contributed by atoms with Crippen molar-refractivity contribution in [3.8, 4) is 0 Å². The number of amidine groups is 1. The van der Waals surface area contributed by atoms with Crippen LogP contribution in [0, 0.1) is 18.7 Å². The van der Waals surface area contributed by atoms with Crippen molar-refractivity contribution in [2.45, 2.75) is 30.8 Å². The Hall–Kier alpha value is -1.50. The molecular formula is C16H18F4N2S. The SMILES string of the molecule is C=CCN=C(Nc1cc(SCC(F)(F)F)c(C)cc1F)C1CC1. The fraction of sp³-hybridized carbons (Fsp3) is 0.438. The monoisotopic (exact) mass is 346 g/mol. The molecule has 2 nitrogen and oxygen atoms in total. The second-order valence-electron chi connectivity index (χ2n) is 5.42. The molecule has 0 heterocycles. The number of aliphatic imine (C=N–C) groups is 1. The highest BCUT2D eigenvalue weighted by molar-refractivity contribution is 7.99. The molecule has 1 fully saturated rings. The molecule has 1 aliphatic rings. The lowest BCUT2D eigenvalue weighted by atomic mass is 10.2. The topological polar surface area (TPSA) is 24.4 Å². The molecule has 1 aliphatic carbocycles. The van der Waals surface area contributed by atoms with Crippen LogP contribution >= 0.6 is 11.8 Å². The molecule has 126 valence electrons. The number of rotatable bonds is 6. The van der Waals surface area contributed by atoms with Crippen LogP contribution in [0.15, 0.2) is 34.7 Å². The van der Waals surface area contributed by atoms with Crippen LogP contribution in [-0.4, -0.2) is 24.3 Å². The number of benzene rings is 1. The van der Waals surface area contributed by atoms with E-state index < -0.39 is 17.7 Å². The van der Waals surface area contributed by atoms with Crippen LogP contribution in [-0.2, 0) is 0 Å². The normalized spacial score (nSPS) is 15.6. The van der Waals surface area contributed by atoms with Gasteiger partial charge < -0.3 is 5.32 Å². The second-order valence-corrected chi connectivity index (χ2v) is 6.43. The molecule has 0 bridgehead atoms. The molecule has 7 heteroatoms. The molecule has 0 amide bonds. The van der Waals surface area contributed by atoms with E-state index in [1.165, 1.54) is 12.1 Å². The molecule has 0 atom stereocenters. The number of aryl methyl sites for hydroxylation is 1. The summed E-state index contributed by atoms with van der Waals surface area (Å²) in [6.07, 6.45) is -0.665. The second kappa shape index (κ2) is 7.38. The number of hydrogen-bond donors (Lipinski definition) is 1. The predicted molar refractivity (Wildman–Crippen MR) is 86.8 cm³/mol. The Labute approximate surface area is 137 Å². The number of halogens is 4. The third kappa shape index (κ3) is 5.57. The van der Waals surface area contributed by atoms with Gasteiger partial charge in [-0.3, -0.25) is 4.99 Å². The molecule has 0 radical (unpaired) electrons. The van der Waals surface area contributed by atoms with Gasteiger partial charge in [0.2, 0.25) is 0 Å². The molecule has 1 aromatic carbocycles. The van der Waals surface area contributed by atoms with Gasteiger partial charge in [0, 0.05) is 10.8 Å². The van der Waals surface area contributed by atoms with Crippen molar-refractivity contribution >= 4 is 23.3 Å². The molecule has 1 saturated carbocycles. The smallest absolute Gasteiger partial charge is 0.341 e. The van der Waals surface area contributed by atoms with E-state index in [2.05, 4.69) is 16.9 Å². The summed E-state index contributed by atoms with van der Waals surface area (Å²) in [4.78, 5) is 4.72. The fourth-order valence-electron chi connectivity index (χ4n) is 1.99. The predicted octanol–water partition coefficient (Wildman–Crippen LogP) is 5.19. The summed E-state index contributed by atoms with van der Waals surface area (Å²) in [7, 11) is 0. The molecule has 0 aliphatic heterocycles. The van der Waals surface area contributed by atoms with Crippen LogP contribution in [0.25, 0.3) is 0 Å². The van der Waals surface area contributed by atoms with E-state index in [4.69, 9.17) is 0 Å². The molecule has 0 saturated heterocycles. The molecule has 0 aromatic heterocycles. The van der Waals surface area contributed by atoms with Crippen molar-refractivity contribution in [3.63, 3.8) is 0 Å². The Morgan fingerprint density at radius 3 is 2.70 bits per heavy atom. The Bertz CT molecular complexity index is 607. The van der Waals surface area contributed by atoms with Crippen molar-refractivity contribution in [1.29, 1.82) is 0 Å². The standard InChI is InChI=1S/C16H18F4N2S/c1-3-6-21-15(11-4-5-11)22-13-8-14(10(2)7-12(13)17)23-9-16(18,19)20/h3,7-8,11H,1,4-6,9H2,2H3,(H,21,22). The number of nitrogens with zero attached hydrogens (tertiary/aromatic N) is 1. The van der Waals surface area contributed by atoms with Gasteiger partial charge in [-0.25, -0.2) is 4.39 Å². The highest BCUT2D eigenvalue weighted by Gasteiger charge is 2.29. The van der Waals surface area contributed by atoms with Crippen molar-refractivity contribution < 1.29 is 17.6 Å². The molecular weight excluding hydrogens is 328 g/mol. The maximum Gasteiger partial charge on any atom is 0.398 e. The third-order valence-corrected chi connectivity index (χ3v) is 4.50. The van der Waals surface area contributed by atoms with E-state index in [9.17, 15) is 17.6 Å². The van der Waals surface area contributed by atoms with Gasteiger partial charge in [0.1, 0.15) is 11.7 Å². The van der Waals surface area contributed by atoms with Gasteiger partial charge in [-0.05, 0) is 37.5 Å². The van der Waals surface area contributed by atoms with E-state index in [1.54, 1.807) is 13.0 Å². The molecule has 1 aromatic rings. The minimum atomic E-state index is -4.26. The number of anilines is 1. The number of alkyl halides is 3. The maximum atomic E-state index is 14.1. The van der Waals surface area contributed by atoms with Crippen molar-refractivity contribution in [2.75, 3.05) is 17.6 Å². The maximum absolute atomic E-state index is 14.1. The first-order chi connectivity index (χ1) is 10.8. The first kappa shape index (κ1) is 17.8. The van der Waals surface area contributed by atoms with Crippen LogP contribution < -0.4 is 5.32 Å². The van der Waals surface area contributed by atoms with Crippen molar-refractivity contribution in [2.24, 2.45) is 10.9 Å².